The zero-order valence-corrected chi connectivity index (χ0v) is 23.1. The zero-order valence-electron chi connectivity index (χ0n) is 21.5. The Labute approximate surface area is 238 Å². The Bertz CT molecular complexity index is 1530. The highest BCUT2D eigenvalue weighted by Gasteiger charge is 2.48. The minimum absolute atomic E-state index is 0.0617. The third-order valence-corrected chi connectivity index (χ3v) is 8.34. The van der Waals surface area contributed by atoms with Crippen LogP contribution in [0.4, 0.5) is 9.52 Å². The van der Waals surface area contributed by atoms with Gasteiger partial charge in [0, 0.05) is 23.7 Å². The van der Waals surface area contributed by atoms with Gasteiger partial charge in [0.2, 0.25) is 5.13 Å². The molecular weight excluding hydrogens is 551 g/mol. The number of carbonyl (C=O) groups is 2. The third-order valence-electron chi connectivity index (χ3n) is 6.22. The second kappa shape index (κ2) is 12.4. The number of halogens is 1. The SMILES string of the molecule is CCCCOc1ccc(C(O)=C2C(=O)C(=O)N(c3nnc(SCc4ccc(F)cc4)s3)[C@H]2c2cccnc2)cc1. The number of carbonyl (C=O) groups excluding carboxylic acids is 2. The second-order valence-electron chi connectivity index (χ2n) is 8.95. The van der Waals surface area contributed by atoms with E-state index in [1.807, 2.05) is 0 Å². The van der Waals surface area contributed by atoms with Crippen LogP contribution < -0.4 is 9.64 Å². The lowest BCUT2D eigenvalue weighted by atomic mass is 9.96. The van der Waals surface area contributed by atoms with Gasteiger partial charge in [-0.3, -0.25) is 19.5 Å². The number of Topliss-reactive ketones (excluding diaryl/α,β-unsaturated/α-hetero) is 1. The molecule has 1 fully saturated rings. The summed E-state index contributed by atoms with van der Waals surface area (Å²) in [7, 11) is 0. The van der Waals surface area contributed by atoms with E-state index in [9.17, 15) is 19.1 Å². The minimum Gasteiger partial charge on any atom is -0.507 e. The molecule has 0 saturated carbocycles. The zero-order chi connectivity index (χ0) is 28.1. The van der Waals surface area contributed by atoms with Crippen molar-refractivity contribution < 1.29 is 23.8 Å². The summed E-state index contributed by atoms with van der Waals surface area (Å²) in [5, 5.41) is 19.9. The Morgan fingerprint density at radius 1 is 1.10 bits per heavy atom. The Kier molecular flexibility index (Phi) is 8.51. The van der Waals surface area contributed by atoms with Gasteiger partial charge >= 0.3 is 5.91 Å². The molecule has 0 spiro atoms. The van der Waals surface area contributed by atoms with E-state index >= 15 is 0 Å². The van der Waals surface area contributed by atoms with Crippen molar-refractivity contribution in [2.24, 2.45) is 0 Å². The molecule has 5 rings (SSSR count). The van der Waals surface area contributed by atoms with Crippen LogP contribution in [0.3, 0.4) is 0 Å². The minimum atomic E-state index is -0.947. The number of aliphatic hydroxyl groups is 1. The lowest BCUT2D eigenvalue weighted by molar-refractivity contribution is -0.132. The number of anilines is 1. The number of amides is 1. The summed E-state index contributed by atoms with van der Waals surface area (Å²) in [5.74, 6) is -1.09. The molecule has 204 valence electrons. The van der Waals surface area contributed by atoms with Gasteiger partial charge in [0.05, 0.1) is 18.2 Å². The van der Waals surface area contributed by atoms with Crippen molar-refractivity contribution in [2.45, 2.75) is 35.9 Å². The number of benzene rings is 2. The number of hydrogen-bond acceptors (Lipinski definition) is 9. The van der Waals surface area contributed by atoms with Crippen LogP contribution in [0.25, 0.3) is 5.76 Å². The normalized spacial score (nSPS) is 16.4. The van der Waals surface area contributed by atoms with Crippen molar-refractivity contribution in [1.82, 2.24) is 15.2 Å². The fourth-order valence-corrected chi connectivity index (χ4v) is 5.99. The maximum atomic E-state index is 13.3. The van der Waals surface area contributed by atoms with Crippen molar-refractivity contribution in [1.29, 1.82) is 0 Å². The molecule has 1 amide bonds. The summed E-state index contributed by atoms with van der Waals surface area (Å²) in [5.41, 5.74) is 1.76. The largest absolute Gasteiger partial charge is 0.507 e. The second-order valence-corrected chi connectivity index (χ2v) is 11.1. The van der Waals surface area contributed by atoms with Crippen LogP contribution in [0.15, 0.2) is 83.0 Å². The average molecular weight is 577 g/mol. The number of nitrogens with zero attached hydrogens (tertiary/aromatic N) is 4. The molecule has 1 aliphatic rings. The van der Waals surface area contributed by atoms with E-state index in [1.54, 1.807) is 60.9 Å². The summed E-state index contributed by atoms with van der Waals surface area (Å²) in [6.07, 6.45) is 5.07. The molecule has 1 atom stereocenters. The van der Waals surface area contributed by atoms with Gasteiger partial charge in [-0.1, -0.05) is 54.6 Å². The molecular formula is C29H25FN4O4S2. The summed E-state index contributed by atoms with van der Waals surface area (Å²) in [4.78, 5) is 32.1. The van der Waals surface area contributed by atoms with E-state index in [1.165, 1.54) is 28.8 Å². The lowest BCUT2D eigenvalue weighted by Gasteiger charge is -2.22. The smallest absolute Gasteiger partial charge is 0.301 e. The topological polar surface area (TPSA) is 106 Å². The van der Waals surface area contributed by atoms with Crippen LogP contribution in [0.2, 0.25) is 0 Å². The molecule has 4 aromatic rings. The molecule has 40 heavy (non-hydrogen) atoms. The number of unbranched alkanes of at least 4 members (excludes halogenated alkanes) is 1. The number of ether oxygens (including phenoxy) is 1. The van der Waals surface area contributed by atoms with Crippen LogP contribution in [0, 0.1) is 5.82 Å². The van der Waals surface area contributed by atoms with Gasteiger partial charge in [-0.2, -0.15) is 0 Å². The molecule has 0 aliphatic carbocycles. The Balaban J connectivity index is 1.46. The van der Waals surface area contributed by atoms with Gasteiger partial charge in [0.25, 0.3) is 5.78 Å². The molecule has 1 N–H and O–H groups in total. The summed E-state index contributed by atoms with van der Waals surface area (Å²) < 4.78 is 19.5. The molecule has 2 aromatic carbocycles. The summed E-state index contributed by atoms with van der Waals surface area (Å²) in [6.45, 7) is 2.66. The van der Waals surface area contributed by atoms with E-state index in [2.05, 4.69) is 22.1 Å². The molecule has 2 aromatic heterocycles. The molecule has 1 saturated heterocycles. The molecule has 3 heterocycles. The standard InChI is InChI=1S/C29H25FN4O4S2/c1-2-3-15-38-22-12-8-19(9-13-22)25(35)23-24(20-5-4-14-31-16-20)34(27(37)26(23)36)28-32-33-29(40-28)39-17-18-6-10-21(30)11-7-18/h4-14,16,24,35H,2-3,15,17H2,1H3/t24-/m0/s1. The number of ketones is 1. The highest BCUT2D eigenvalue weighted by Crippen LogP contribution is 2.44. The fraction of sp³-hybridized carbons (Fsp3) is 0.207. The number of pyridine rings is 1. The number of hydrogen-bond donors (Lipinski definition) is 1. The Morgan fingerprint density at radius 3 is 2.58 bits per heavy atom. The quantitative estimate of drug-likeness (QED) is 0.0597. The van der Waals surface area contributed by atoms with Gasteiger partial charge in [-0.25, -0.2) is 4.39 Å². The number of rotatable bonds is 10. The van der Waals surface area contributed by atoms with Crippen LogP contribution in [0.1, 0.15) is 42.5 Å². The molecule has 8 nitrogen and oxygen atoms in total. The molecule has 0 bridgehead atoms. The molecule has 0 unspecified atom stereocenters. The highest BCUT2D eigenvalue weighted by atomic mass is 32.2. The van der Waals surface area contributed by atoms with Crippen molar-refractivity contribution >= 4 is 45.7 Å². The van der Waals surface area contributed by atoms with E-state index in [0.29, 0.717) is 33.6 Å². The molecule has 1 aliphatic heterocycles. The van der Waals surface area contributed by atoms with Gasteiger partial charge in [0.15, 0.2) is 4.34 Å². The predicted molar refractivity (Wildman–Crippen MR) is 152 cm³/mol. The Hall–Kier alpha value is -4.09. The van der Waals surface area contributed by atoms with Crippen molar-refractivity contribution in [2.75, 3.05) is 11.5 Å². The first-order valence-corrected chi connectivity index (χ1v) is 14.4. The van der Waals surface area contributed by atoms with Crippen molar-refractivity contribution in [3.63, 3.8) is 0 Å². The average Bonchev–Trinajstić information content (AvgIpc) is 3.55. The lowest BCUT2D eigenvalue weighted by Crippen LogP contribution is -2.29. The van der Waals surface area contributed by atoms with Crippen LogP contribution in [0.5, 0.6) is 5.75 Å². The first-order chi connectivity index (χ1) is 19.5. The van der Waals surface area contributed by atoms with E-state index in [4.69, 9.17) is 4.74 Å². The number of aromatic nitrogens is 3. The van der Waals surface area contributed by atoms with E-state index < -0.39 is 17.7 Å². The first kappa shape index (κ1) is 27.5. The monoisotopic (exact) mass is 576 g/mol. The fourth-order valence-electron chi connectivity index (χ4n) is 4.17. The first-order valence-electron chi connectivity index (χ1n) is 12.6. The van der Waals surface area contributed by atoms with Crippen molar-refractivity contribution in [3.8, 4) is 5.75 Å². The maximum absolute atomic E-state index is 13.3. The van der Waals surface area contributed by atoms with Crippen LogP contribution in [-0.2, 0) is 15.3 Å². The maximum Gasteiger partial charge on any atom is 0.301 e. The van der Waals surface area contributed by atoms with Gasteiger partial charge in [0.1, 0.15) is 17.3 Å². The van der Waals surface area contributed by atoms with Crippen LogP contribution >= 0.6 is 23.1 Å². The molecule has 0 radical (unpaired) electrons. The predicted octanol–water partition coefficient (Wildman–Crippen LogP) is 6.17. The summed E-state index contributed by atoms with van der Waals surface area (Å²) >= 11 is 2.54. The van der Waals surface area contributed by atoms with E-state index in [0.717, 1.165) is 29.7 Å². The van der Waals surface area contributed by atoms with Gasteiger partial charge in [-0.15, -0.1) is 10.2 Å². The number of aliphatic hydroxyl groups excluding tert-OH is 1. The number of thioether (sulfide) groups is 1. The highest BCUT2D eigenvalue weighted by molar-refractivity contribution is 8.00. The van der Waals surface area contributed by atoms with Gasteiger partial charge < -0.3 is 9.84 Å². The van der Waals surface area contributed by atoms with Gasteiger partial charge in [-0.05, 0) is 60.0 Å². The van der Waals surface area contributed by atoms with Crippen LogP contribution in [-0.4, -0.2) is 38.6 Å². The summed E-state index contributed by atoms with van der Waals surface area (Å²) in [6, 6.07) is 15.4. The van der Waals surface area contributed by atoms with Crippen molar-refractivity contribution in [3.05, 3.63) is 101 Å². The van der Waals surface area contributed by atoms with E-state index in [-0.39, 0.29) is 22.3 Å². The third kappa shape index (κ3) is 5.90. The Morgan fingerprint density at radius 2 is 1.88 bits per heavy atom. The molecule has 11 heteroatoms.